The minimum Gasteiger partial charge on any atom is -0.384 e. The first-order valence-corrected chi connectivity index (χ1v) is 6.27. The summed E-state index contributed by atoms with van der Waals surface area (Å²) in [4.78, 5) is 6.48. The van der Waals surface area contributed by atoms with Gasteiger partial charge in [0.2, 0.25) is 0 Å². The molecule has 2 aromatic rings. The van der Waals surface area contributed by atoms with Gasteiger partial charge in [-0.1, -0.05) is 6.07 Å². The van der Waals surface area contributed by atoms with Gasteiger partial charge < -0.3 is 5.73 Å². The zero-order chi connectivity index (χ0) is 13.5. The van der Waals surface area contributed by atoms with Crippen LogP contribution in [-0.4, -0.2) is 38.9 Å². The SMILES string of the molecule is CN1CCCC1c1ccc(N)nc1.c1cnnnc1. The topological polar surface area (TPSA) is 80.8 Å². The first-order valence-electron chi connectivity index (χ1n) is 6.27. The van der Waals surface area contributed by atoms with Gasteiger partial charge in [-0.3, -0.25) is 4.90 Å². The highest BCUT2D eigenvalue weighted by Crippen LogP contribution is 2.29. The summed E-state index contributed by atoms with van der Waals surface area (Å²) in [6, 6.07) is 6.22. The van der Waals surface area contributed by atoms with Crippen molar-refractivity contribution in [3.8, 4) is 0 Å². The first kappa shape index (κ1) is 13.4. The van der Waals surface area contributed by atoms with E-state index >= 15 is 0 Å². The van der Waals surface area contributed by atoms with E-state index < -0.39 is 0 Å². The van der Waals surface area contributed by atoms with Crippen LogP contribution in [0.1, 0.15) is 24.4 Å². The summed E-state index contributed by atoms with van der Waals surface area (Å²) >= 11 is 0. The number of rotatable bonds is 1. The molecule has 0 amide bonds. The Hall–Kier alpha value is -2.08. The highest BCUT2D eigenvalue weighted by Gasteiger charge is 2.22. The van der Waals surface area contributed by atoms with E-state index in [1.54, 1.807) is 18.5 Å². The van der Waals surface area contributed by atoms with E-state index in [1.165, 1.54) is 24.9 Å². The Morgan fingerprint density at radius 3 is 2.47 bits per heavy atom. The van der Waals surface area contributed by atoms with Gasteiger partial charge in [-0.05, 0) is 49.3 Å². The predicted molar refractivity (Wildman–Crippen MR) is 73.1 cm³/mol. The number of anilines is 1. The number of nitrogen functional groups attached to an aromatic ring is 1. The minimum atomic E-state index is 0.549. The van der Waals surface area contributed by atoms with Gasteiger partial charge in [-0.15, -0.1) is 10.2 Å². The molecular weight excluding hydrogens is 240 g/mol. The third-order valence-electron chi connectivity index (χ3n) is 3.12. The van der Waals surface area contributed by atoms with Crippen LogP contribution in [0.2, 0.25) is 0 Å². The van der Waals surface area contributed by atoms with Crippen molar-refractivity contribution in [2.24, 2.45) is 0 Å². The predicted octanol–water partition coefficient (Wildman–Crippen LogP) is 1.30. The van der Waals surface area contributed by atoms with Crippen LogP contribution in [0.15, 0.2) is 36.8 Å². The van der Waals surface area contributed by atoms with Crippen molar-refractivity contribution in [3.05, 3.63) is 42.4 Å². The van der Waals surface area contributed by atoms with E-state index in [9.17, 15) is 0 Å². The Labute approximate surface area is 112 Å². The lowest BCUT2D eigenvalue weighted by Crippen LogP contribution is -2.17. The molecule has 3 heterocycles. The minimum absolute atomic E-state index is 0.549. The second-order valence-corrected chi connectivity index (χ2v) is 4.47. The summed E-state index contributed by atoms with van der Waals surface area (Å²) in [6.07, 6.45) is 7.56. The average molecular weight is 258 g/mol. The van der Waals surface area contributed by atoms with Crippen LogP contribution in [0.4, 0.5) is 5.82 Å². The lowest BCUT2D eigenvalue weighted by molar-refractivity contribution is 0.317. The van der Waals surface area contributed by atoms with Gasteiger partial charge in [-0.2, -0.15) is 0 Å². The Morgan fingerprint density at radius 2 is 2.05 bits per heavy atom. The molecule has 100 valence electrons. The second kappa shape index (κ2) is 6.75. The number of aromatic nitrogens is 4. The van der Waals surface area contributed by atoms with Crippen LogP contribution in [-0.2, 0) is 0 Å². The molecule has 0 bridgehead atoms. The number of likely N-dealkylation sites (tertiary alicyclic amines) is 1. The van der Waals surface area contributed by atoms with Crippen LogP contribution >= 0.6 is 0 Å². The highest BCUT2D eigenvalue weighted by atomic mass is 15.3. The lowest BCUT2D eigenvalue weighted by atomic mass is 10.1. The van der Waals surface area contributed by atoms with E-state index in [0.717, 1.165) is 0 Å². The molecule has 3 rings (SSSR count). The Bertz CT molecular complexity index is 446. The third kappa shape index (κ3) is 3.96. The Balaban J connectivity index is 0.000000186. The van der Waals surface area contributed by atoms with Crippen molar-refractivity contribution in [1.29, 1.82) is 0 Å². The summed E-state index contributed by atoms with van der Waals surface area (Å²) < 4.78 is 0. The van der Waals surface area contributed by atoms with Crippen LogP contribution in [0.25, 0.3) is 0 Å². The zero-order valence-corrected chi connectivity index (χ0v) is 11.0. The molecule has 19 heavy (non-hydrogen) atoms. The molecule has 0 aromatic carbocycles. The quantitative estimate of drug-likeness (QED) is 0.830. The molecule has 0 saturated carbocycles. The van der Waals surface area contributed by atoms with E-state index in [1.807, 2.05) is 12.3 Å². The van der Waals surface area contributed by atoms with Gasteiger partial charge >= 0.3 is 0 Å². The van der Waals surface area contributed by atoms with Crippen molar-refractivity contribution < 1.29 is 0 Å². The fourth-order valence-electron chi connectivity index (χ4n) is 2.15. The van der Waals surface area contributed by atoms with Crippen LogP contribution in [0.5, 0.6) is 0 Å². The van der Waals surface area contributed by atoms with Crippen molar-refractivity contribution in [3.63, 3.8) is 0 Å². The maximum Gasteiger partial charge on any atom is 0.123 e. The smallest absolute Gasteiger partial charge is 0.123 e. The van der Waals surface area contributed by atoms with E-state index in [-0.39, 0.29) is 0 Å². The number of hydrogen-bond donors (Lipinski definition) is 1. The molecule has 0 radical (unpaired) electrons. The fraction of sp³-hybridized carbons (Fsp3) is 0.385. The zero-order valence-electron chi connectivity index (χ0n) is 11.0. The van der Waals surface area contributed by atoms with E-state index in [0.29, 0.717) is 11.9 Å². The number of pyridine rings is 1. The number of nitrogens with two attached hydrogens (primary N) is 1. The third-order valence-corrected chi connectivity index (χ3v) is 3.12. The van der Waals surface area contributed by atoms with Gasteiger partial charge in [0.25, 0.3) is 0 Å². The molecule has 1 aliphatic rings. The van der Waals surface area contributed by atoms with Gasteiger partial charge in [0.1, 0.15) is 5.82 Å². The van der Waals surface area contributed by atoms with Crippen molar-refractivity contribution in [2.45, 2.75) is 18.9 Å². The summed E-state index contributed by atoms with van der Waals surface area (Å²) in [5.41, 5.74) is 6.82. The van der Waals surface area contributed by atoms with Gasteiger partial charge in [0.05, 0.1) is 12.4 Å². The molecule has 2 N–H and O–H groups in total. The van der Waals surface area contributed by atoms with Crippen LogP contribution in [0.3, 0.4) is 0 Å². The largest absolute Gasteiger partial charge is 0.384 e. The molecule has 1 aliphatic heterocycles. The van der Waals surface area contributed by atoms with Crippen molar-refractivity contribution >= 4 is 5.82 Å². The molecule has 6 nitrogen and oxygen atoms in total. The van der Waals surface area contributed by atoms with Crippen LogP contribution < -0.4 is 5.73 Å². The summed E-state index contributed by atoms with van der Waals surface area (Å²) in [7, 11) is 2.16. The lowest BCUT2D eigenvalue weighted by Gasteiger charge is -2.19. The van der Waals surface area contributed by atoms with Gasteiger partial charge in [-0.25, -0.2) is 4.98 Å². The molecule has 1 atom stereocenters. The Morgan fingerprint density at radius 1 is 1.26 bits per heavy atom. The highest BCUT2D eigenvalue weighted by molar-refractivity contribution is 5.30. The number of hydrogen-bond acceptors (Lipinski definition) is 6. The maximum absolute atomic E-state index is 5.54. The van der Waals surface area contributed by atoms with Gasteiger partial charge in [0.15, 0.2) is 0 Å². The van der Waals surface area contributed by atoms with E-state index in [4.69, 9.17) is 5.73 Å². The molecule has 1 unspecified atom stereocenters. The molecule has 2 aromatic heterocycles. The monoisotopic (exact) mass is 258 g/mol. The second-order valence-electron chi connectivity index (χ2n) is 4.47. The molecule has 6 heteroatoms. The van der Waals surface area contributed by atoms with E-state index in [2.05, 4.69) is 38.4 Å². The number of nitrogens with zero attached hydrogens (tertiary/aromatic N) is 5. The van der Waals surface area contributed by atoms with Crippen molar-refractivity contribution in [2.75, 3.05) is 19.3 Å². The molecule has 1 fully saturated rings. The molecule has 1 saturated heterocycles. The maximum atomic E-state index is 5.54. The molecule has 0 spiro atoms. The first-order chi connectivity index (χ1) is 9.27. The summed E-state index contributed by atoms with van der Waals surface area (Å²) in [5, 5.41) is 10.1. The van der Waals surface area contributed by atoms with Crippen molar-refractivity contribution in [1.82, 2.24) is 25.3 Å². The Kier molecular flexibility index (Phi) is 4.74. The fourth-order valence-corrected chi connectivity index (χ4v) is 2.15. The average Bonchev–Trinajstić information content (AvgIpc) is 2.89. The summed E-state index contributed by atoms with van der Waals surface area (Å²) in [5.74, 6) is 0.601. The molecular formula is C13H18N6. The molecule has 0 aliphatic carbocycles. The summed E-state index contributed by atoms with van der Waals surface area (Å²) in [6.45, 7) is 1.19. The van der Waals surface area contributed by atoms with Crippen LogP contribution in [0, 0.1) is 0 Å². The van der Waals surface area contributed by atoms with Gasteiger partial charge in [0, 0.05) is 12.2 Å². The standard InChI is InChI=1S/C10H15N3.C3H3N3/c1-13-6-2-3-9(13)8-4-5-10(11)12-7-8;1-2-4-6-5-3-1/h4-5,7,9H,2-3,6H2,1H3,(H2,11,12);1-3H. The normalized spacial score (nSPS) is 18.7.